The molecule has 1 aromatic carbocycles. The highest BCUT2D eigenvalue weighted by Gasteiger charge is 2.26. The summed E-state index contributed by atoms with van der Waals surface area (Å²) in [6.07, 6.45) is 3.48. The SMILES string of the molecule is Cc1ccc(-c2cn3nc(C(=O)O)cc3c(N3CCCC(Nc4nc(N)c(C#N)s4)C3)n2)c(Cl)c1. The van der Waals surface area contributed by atoms with Gasteiger partial charge in [0.25, 0.3) is 0 Å². The zero-order valence-electron chi connectivity index (χ0n) is 18.7. The molecule has 4 heterocycles. The summed E-state index contributed by atoms with van der Waals surface area (Å²) in [7, 11) is 0. The summed E-state index contributed by atoms with van der Waals surface area (Å²) in [4.78, 5) is 23.3. The summed E-state index contributed by atoms with van der Waals surface area (Å²) < 4.78 is 1.55. The van der Waals surface area contributed by atoms with Crippen molar-refractivity contribution >= 4 is 51.2 Å². The molecule has 1 aliphatic rings. The van der Waals surface area contributed by atoms with Gasteiger partial charge in [-0.25, -0.2) is 19.3 Å². The lowest BCUT2D eigenvalue weighted by Crippen LogP contribution is -2.42. The van der Waals surface area contributed by atoms with Gasteiger partial charge in [0.2, 0.25) is 0 Å². The number of nitriles is 1. The van der Waals surface area contributed by atoms with E-state index in [1.54, 1.807) is 10.7 Å². The van der Waals surface area contributed by atoms with Gasteiger partial charge >= 0.3 is 5.97 Å². The van der Waals surface area contributed by atoms with Crippen LogP contribution >= 0.6 is 22.9 Å². The van der Waals surface area contributed by atoms with Crippen LogP contribution in [0.4, 0.5) is 16.8 Å². The van der Waals surface area contributed by atoms with Crippen molar-refractivity contribution in [3.8, 4) is 17.3 Å². The maximum Gasteiger partial charge on any atom is 0.356 e. The van der Waals surface area contributed by atoms with Crippen molar-refractivity contribution in [3.05, 3.63) is 51.6 Å². The first-order valence-electron chi connectivity index (χ1n) is 10.9. The van der Waals surface area contributed by atoms with Crippen molar-refractivity contribution in [2.45, 2.75) is 25.8 Å². The second kappa shape index (κ2) is 9.05. The molecule has 1 unspecified atom stereocenters. The highest BCUT2D eigenvalue weighted by Crippen LogP contribution is 2.33. The van der Waals surface area contributed by atoms with Gasteiger partial charge in [-0.15, -0.1) is 0 Å². The number of hydrogen-bond donors (Lipinski definition) is 3. The van der Waals surface area contributed by atoms with Gasteiger partial charge < -0.3 is 21.1 Å². The Morgan fingerprint density at radius 2 is 2.20 bits per heavy atom. The number of thiazole rings is 1. The number of aromatic carboxylic acids is 1. The molecular formula is C23H21ClN8O2S. The number of anilines is 3. The van der Waals surface area contributed by atoms with Crippen LogP contribution in [0, 0.1) is 18.3 Å². The molecule has 0 saturated carbocycles. The Morgan fingerprint density at radius 3 is 2.91 bits per heavy atom. The van der Waals surface area contributed by atoms with E-state index >= 15 is 0 Å². The van der Waals surface area contributed by atoms with E-state index in [-0.39, 0.29) is 17.6 Å². The van der Waals surface area contributed by atoms with Gasteiger partial charge in [0.05, 0.1) is 16.9 Å². The van der Waals surface area contributed by atoms with Gasteiger partial charge in [-0.2, -0.15) is 10.4 Å². The minimum Gasteiger partial charge on any atom is -0.476 e. The smallest absolute Gasteiger partial charge is 0.356 e. The summed E-state index contributed by atoms with van der Waals surface area (Å²) in [6, 6.07) is 9.34. The molecule has 0 bridgehead atoms. The molecule has 10 nitrogen and oxygen atoms in total. The quantitative estimate of drug-likeness (QED) is 0.363. The minimum atomic E-state index is -1.11. The zero-order valence-corrected chi connectivity index (χ0v) is 20.3. The fourth-order valence-electron chi connectivity index (χ4n) is 4.21. The lowest BCUT2D eigenvalue weighted by Gasteiger charge is -2.34. The maximum atomic E-state index is 11.6. The molecule has 5 rings (SSSR count). The average molecular weight is 509 g/mol. The van der Waals surface area contributed by atoms with Crippen LogP contribution in [0.2, 0.25) is 5.02 Å². The molecule has 1 aliphatic heterocycles. The van der Waals surface area contributed by atoms with Crippen molar-refractivity contribution in [1.82, 2.24) is 19.6 Å². The van der Waals surface area contributed by atoms with E-state index in [0.717, 1.165) is 30.5 Å². The Morgan fingerprint density at radius 1 is 1.37 bits per heavy atom. The fraction of sp³-hybridized carbons (Fsp3) is 0.261. The van der Waals surface area contributed by atoms with Gasteiger partial charge in [0.1, 0.15) is 16.5 Å². The average Bonchev–Trinajstić information content (AvgIpc) is 3.41. The number of benzene rings is 1. The van der Waals surface area contributed by atoms with Gasteiger partial charge in [-0.1, -0.05) is 35.1 Å². The first-order valence-corrected chi connectivity index (χ1v) is 12.1. The van der Waals surface area contributed by atoms with E-state index in [4.69, 9.17) is 27.6 Å². The van der Waals surface area contributed by atoms with Crippen LogP contribution in [0.5, 0.6) is 0 Å². The Balaban J connectivity index is 1.53. The molecule has 1 fully saturated rings. The number of fused-ring (bicyclic) bond motifs is 1. The van der Waals surface area contributed by atoms with E-state index in [0.29, 0.717) is 38.6 Å². The third-order valence-corrected chi connectivity index (χ3v) is 7.08. The van der Waals surface area contributed by atoms with E-state index in [1.807, 2.05) is 25.1 Å². The number of nitrogens with two attached hydrogens (primary N) is 1. The van der Waals surface area contributed by atoms with E-state index in [9.17, 15) is 9.90 Å². The molecule has 0 amide bonds. The summed E-state index contributed by atoms with van der Waals surface area (Å²) in [5, 5.41) is 27.5. The molecular weight excluding hydrogens is 488 g/mol. The normalized spacial score (nSPS) is 15.8. The number of aromatic nitrogens is 4. The summed E-state index contributed by atoms with van der Waals surface area (Å²) >= 11 is 7.75. The highest BCUT2D eigenvalue weighted by atomic mass is 35.5. The molecule has 12 heteroatoms. The van der Waals surface area contributed by atoms with Crippen LogP contribution in [-0.2, 0) is 0 Å². The minimum absolute atomic E-state index is 0.0381. The van der Waals surface area contributed by atoms with Crippen molar-refractivity contribution in [3.63, 3.8) is 0 Å². The second-order valence-electron chi connectivity index (χ2n) is 8.37. The first-order chi connectivity index (χ1) is 16.8. The zero-order chi connectivity index (χ0) is 24.7. The van der Waals surface area contributed by atoms with E-state index in [2.05, 4.69) is 26.4 Å². The molecule has 1 saturated heterocycles. The Kier molecular flexibility index (Phi) is 5.92. The van der Waals surface area contributed by atoms with Crippen LogP contribution in [0.15, 0.2) is 30.5 Å². The standard InChI is InChI=1S/C23H21ClN8O2S/c1-12-4-5-14(15(24)7-12)17-11-32-18(8-16(30-32)22(33)34)21(28-17)31-6-2-3-13(10-31)27-23-29-20(26)19(9-25)35-23/h4-5,7-8,11,13H,2-3,6,10,26H2,1H3,(H,27,29)(H,33,34). The van der Waals surface area contributed by atoms with E-state index in [1.165, 1.54) is 17.4 Å². The molecule has 0 aliphatic carbocycles. The number of hydrogen-bond acceptors (Lipinski definition) is 9. The Bertz CT molecular complexity index is 1490. The second-order valence-corrected chi connectivity index (χ2v) is 9.78. The number of carboxylic acids is 1. The number of aryl methyl sites for hydroxylation is 1. The molecule has 0 radical (unpaired) electrons. The maximum absolute atomic E-state index is 11.6. The van der Waals surface area contributed by atoms with Gasteiger partial charge in [0, 0.05) is 30.8 Å². The van der Waals surface area contributed by atoms with Crippen molar-refractivity contribution in [2.24, 2.45) is 0 Å². The van der Waals surface area contributed by atoms with Crippen LogP contribution in [0.1, 0.15) is 33.8 Å². The van der Waals surface area contributed by atoms with Crippen LogP contribution in [-0.4, -0.2) is 49.8 Å². The topological polar surface area (TPSA) is 145 Å². The number of rotatable bonds is 5. The number of carboxylic acid groups (broad SMARTS) is 1. The van der Waals surface area contributed by atoms with Crippen molar-refractivity contribution in [1.29, 1.82) is 5.26 Å². The number of nitrogen functional groups attached to an aromatic ring is 1. The van der Waals surface area contributed by atoms with Gasteiger partial charge in [0.15, 0.2) is 22.5 Å². The molecule has 4 aromatic rings. The Hall–Kier alpha value is -3.88. The lowest BCUT2D eigenvalue weighted by molar-refractivity contribution is 0.0690. The van der Waals surface area contributed by atoms with Crippen molar-refractivity contribution in [2.75, 3.05) is 29.0 Å². The predicted molar refractivity (Wildman–Crippen MR) is 135 cm³/mol. The molecule has 0 spiro atoms. The Labute approximate surface area is 209 Å². The van der Waals surface area contributed by atoms with Gasteiger partial charge in [-0.05, 0) is 31.4 Å². The monoisotopic (exact) mass is 508 g/mol. The molecule has 3 aromatic heterocycles. The summed E-state index contributed by atoms with van der Waals surface area (Å²) in [5.41, 5.74) is 8.70. The number of nitrogens with one attached hydrogen (secondary N) is 1. The molecule has 35 heavy (non-hydrogen) atoms. The first kappa shape index (κ1) is 22.9. The number of halogens is 1. The third kappa shape index (κ3) is 4.45. The fourth-order valence-corrected chi connectivity index (χ4v) is 5.30. The van der Waals surface area contributed by atoms with Crippen molar-refractivity contribution < 1.29 is 9.90 Å². The summed E-state index contributed by atoms with van der Waals surface area (Å²) in [5.74, 6) is -0.261. The lowest BCUT2D eigenvalue weighted by atomic mass is 10.1. The number of carbonyl (C=O) groups is 1. The van der Waals surface area contributed by atoms with Crippen LogP contribution < -0.4 is 16.0 Å². The van der Waals surface area contributed by atoms with Crippen LogP contribution in [0.25, 0.3) is 16.8 Å². The highest BCUT2D eigenvalue weighted by molar-refractivity contribution is 7.16. The summed E-state index contributed by atoms with van der Waals surface area (Å²) in [6.45, 7) is 3.30. The van der Waals surface area contributed by atoms with Gasteiger partial charge in [-0.3, -0.25) is 0 Å². The molecule has 1 atom stereocenters. The molecule has 4 N–H and O–H groups in total. The number of piperidine rings is 1. The van der Waals surface area contributed by atoms with E-state index < -0.39 is 5.97 Å². The third-order valence-electron chi connectivity index (χ3n) is 5.86. The van der Waals surface area contributed by atoms with Crippen LogP contribution in [0.3, 0.4) is 0 Å². The number of nitrogens with zero attached hydrogens (tertiary/aromatic N) is 6. The molecule has 178 valence electrons. The predicted octanol–water partition coefficient (Wildman–Crippen LogP) is 4.05. The largest absolute Gasteiger partial charge is 0.476 e.